The fourth-order valence-corrected chi connectivity index (χ4v) is 5.09. The van der Waals surface area contributed by atoms with Crippen molar-refractivity contribution in [3.05, 3.63) is 105 Å². The molecule has 184 valence electrons. The number of benzene rings is 3. The number of halogens is 1. The van der Waals surface area contributed by atoms with Gasteiger partial charge in [-0.2, -0.15) is 0 Å². The number of carbonyl (C=O) groups excluding carboxylic acids is 1. The topological polar surface area (TPSA) is 35.5 Å². The first kappa shape index (κ1) is 25.1. The van der Waals surface area contributed by atoms with E-state index in [-0.39, 0.29) is 29.2 Å². The zero-order chi connectivity index (χ0) is 25.4. The van der Waals surface area contributed by atoms with E-state index in [1.807, 2.05) is 18.2 Å². The predicted molar refractivity (Wildman–Crippen MR) is 137 cm³/mol. The Balaban J connectivity index is 1.80. The Morgan fingerprint density at radius 2 is 1.54 bits per heavy atom. The Kier molecular flexibility index (Phi) is 6.88. The van der Waals surface area contributed by atoms with Gasteiger partial charge in [0.25, 0.3) is 0 Å². The van der Waals surface area contributed by atoms with Gasteiger partial charge in [-0.25, -0.2) is 9.18 Å². The third kappa shape index (κ3) is 5.04. The van der Waals surface area contributed by atoms with E-state index in [9.17, 15) is 9.18 Å². The van der Waals surface area contributed by atoms with Gasteiger partial charge in [-0.3, -0.25) is 0 Å². The minimum atomic E-state index is -0.410. The number of methoxy groups -OCH3 is 1. The summed E-state index contributed by atoms with van der Waals surface area (Å²) in [5, 5.41) is 0. The number of carbonyl (C=O) groups is 1. The molecule has 1 aliphatic carbocycles. The molecule has 0 amide bonds. The van der Waals surface area contributed by atoms with E-state index in [2.05, 4.69) is 46.8 Å². The van der Waals surface area contributed by atoms with E-state index in [1.165, 1.54) is 24.3 Å². The molecule has 0 spiro atoms. The molecule has 0 saturated heterocycles. The van der Waals surface area contributed by atoms with Crippen LogP contribution in [0.3, 0.4) is 0 Å². The summed E-state index contributed by atoms with van der Waals surface area (Å²) in [7, 11) is 1.37. The van der Waals surface area contributed by atoms with E-state index in [0.29, 0.717) is 11.1 Å². The maximum atomic E-state index is 14.4. The maximum absolute atomic E-state index is 14.4. The summed E-state index contributed by atoms with van der Waals surface area (Å²) in [6.07, 6.45) is 1.85. The lowest BCUT2D eigenvalue weighted by Gasteiger charge is -2.42. The number of ether oxygens (including phenoxy) is 2. The van der Waals surface area contributed by atoms with Crippen LogP contribution in [0.4, 0.5) is 4.39 Å². The lowest BCUT2D eigenvalue weighted by Crippen LogP contribution is -2.34. The molecule has 1 atom stereocenters. The van der Waals surface area contributed by atoms with Gasteiger partial charge < -0.3 is 9.47 Å². The average Bonchev–Trinajstić information content (AvgIpc) is 2.83. The largest absolute Gasteiger partial charge is 0.465 e. The van der Waals surface area contributed by atoms with Crippen molar-refractivity contribution < 1.29 is 18.7 Å². The van der Waals surface area contributed by atoms with E-state index in [1.54, 1.807) is 24.3 Å². The molecule has 35 heavy (non-hydrogen) atoms. The third-order valence-corrected chi connectivity index (χ3v) is 7.52. The van der Waals surface area contributed by atoms with Crippen LogP contribution >= 0.6 is 0 Å². The van der Waals surface area contributed by atoms with Crippen LogP contribution in [0.5, 0.6) is 0 Å². The fraction of sp³-hybridized carbons (Fsp3) is 0.387. The number of hydrogen-bond donors (Lipinski definition) is 0. The van der Waals surface area contributed by atoms with Crippen LogP contribution in [-0.4, -0.2) is 13.1 Å². The Labute approximate surface area is 208 Å². The van der Waals surface area contributed by atoms with Gasteiger partial charge in [-0.1, -0.05) is 70.2 Å². The lowest BCUT2D eigenvalue weighted by molar-refractivity contribution is 0.0597. The SMILES string of the molecule is COC(=O)c1ccc(C(OCc2ccccc2F)c2cc3c(cc2C)C(C)(C)CCC3(C)C)cc1. The normalized spacial score (nSPS) is 16.9. The average molecular weight is 475 g/mol. The first-order chi connectivity index (χ1) is 16.5. The van der Waals surface area contributed by atoms with Gasteiger partial charge in [-0.15, -0.1) is 0 Å². The van der Waals surface area contributed by atoms with Crippen LogP contribution in [-0.2, 0) is 26.9 Å². The zero-order valence-electron chi connectivity index (χ0n) is 21.6. The second-order valence-electron chi connectivity index (χ2n) is 10.9. The van der Waals surface area contributed by atoms with E-state index >= 15 is 0 Å². The van der Waals surface area contributed by atoms with Crippen molar-refractivity contribution in [1.82, 2.24) is 0 Å². The molecule has 0 heterocycles. The Morgan fingerprint density at radius 3 is 2.14 bits per heavy atom. The van der Waals surface area contributed by atoms with Gasteiger partial charge in [0.05, 0.1) is 19.3 Å². The van der Waals surface area contributed by atoms with Crippen molar-refractivity contribution in [2.75, 3.05) is 7.11 Å². The molecule has 0 saturated carbocycles. The summed E-state index contributed by atoms with van der Waals surface area (Å²) >= 11 is 0. The molecule has 4 heteroatoms. The van der Waals surface area contributed by atoms with Crippen molar-refractivity contribution >= 4 is 5.97 Å². The highest BCUT2D eigenvalue weighted by molar-refractivity contribution is 5.89. The Bertz CT molecular complexity index is 1220. The molecular formula is C31H35FO3. The van der Waals surface area contributed by atoms with Gasteiger partial charge >= 0.3 is 5.97 Å². The minimum absolute atomic E-state index is 0.0537. The van der Waals surface area contributed by atoms with Crippen LogP contribution in [0.25, 0.3) is 0 Å². The number of fused-ring (bicyclic) bond motifs is 1. The summed E-state index contributed by atoms with van der Waals surface area (Å²) in [6.45, 7) is 11.5. The Hall–Kier alpha value is -2.98. The molecule has 3 aromatic rings. The fourth-order valence-electron chi connectivity index (χ4n) is 5.09. The first-order valence-electron chi connectivity index (χ1n) is 12.2. The predicted octanol–water partition coefficient (Wildman–Crippen LogP) is 7.58. The number of hydrogen-bond acceptors (Lipinski definition) is 3. The van der Waals surface area contributed by atoms with Crippen molar-refractivity contribution in [3.8, 4) is 0 Å². The molecule has 0 bridgehead atoms. The number of esters is 1. The van der Waals surface area contributed by atoms with E-state index < -0.39 is 6.10 Å². The summed E-state index contributed by atoms with van der Waals surface area (Å²) in [6, 6.07) is 18.6. The highest BCUT2D eigenvalue weighted by atomic mass is 19.1. The number of rotatable bonds is 6. The maximum Gasteiger partial charge on any atom is 0.337 e. The van der Waals surface area contributed by atoms with Gasteiger partial charge in [0.15, 0.2) is 0 Å². The highest BCUT2D eigenvalue weighted by Gasteiger charge is 2.38. The molecule has 1 unspecified atom stereocenters. The molecule has 0 radical (unpaired) electrons. The van der Waals surface area contributed by atoms with Crippen LogP contribution in [0.1, 0.15) is 90.4 Å². The molecule has 4 rings (SSSR count). The molecule has 1 aliphatic rings. The van der Waals surface area contributed by atoms with Gasteiger partial charge in [0, 0.05) is 5.56 Å². The number of aryl methyl sites for hydroxylation is 1. The monoisotopic (exact) mass is 474 g/mol. The van der Waals surface area contributed by atoms with Crippen molar-refractivity contribution in [3.63, 3.8) is 0 Å². The van der Waals surface area contributed by atoms with Crippen LogP contribution in [0, 0.1) is 12.7 Å². The van der Waals surface area contributed by atoms with Crippen LogP contribution < -0.4 is 0 Å². The summed E-state index contributed by atoms with van der Waals surface area (Å²) in [5.74, 6) is -0.661. The molecule has 0 aromatic heterocycles. The molecular weight excluding hydrogens is 439 g/mol. The standard InChI is InChI=1S/C31H35FO3/c1-20-17-25-26(31(4,5)16-15-30(25,2)3)18-24(20)28(35-19-23-9-7-8-10-27(23)32)21-11-13-22(14-12-21)29(33)34-6/h7-14,17-18,28H,15-16,19H2,1-6H3. The van der Waals surface area contributed by atoms with Gasteiger partial charge in [0.2, 0.25) is 0 Å². The summed E-state index contributed by atoms with van der Waals surface area (Å²) < 4.78 is 25.7. The second kappa shape index (κ2) is 9.58. The zero-order valence-corrected chi connectivity index (χ0v) is 21.6. The molecule has 0 fully saturated rings. The molecule has 0 aliphatic heterocycles. The van der Waals surface area contributed by atoms with Crippen molar-refractivity contribution in [1.29, 1.82) is 0 Å². The molecule has 3 aromatic carbocycles. The third-order valence-electron chi connectivity index (χ3n) is 7.52. The van der Waals surface area contributed by atoms with Crippen LogP contribution in [0.2, 0.25) is 0 Å². The summed E-state index contributed by atoms with van der Waals surface area (Å²) in [4.78, 5) is 12.0. The van der Waals surface area contributed by atoms with Gasteiger partial charge in [0.1, 0.15) is 11.9 Å². The smallest absolute Gasteiger partial charge is 0.337 e. The Morgan fingerprint density at radius 1 is 0.943 bits per heavy atom. The van der Waals surface area contributed by atoms with E-state index in [4.69, 9.17) is 9.47 Å². The lowest BCUT2D eigenvalue weighted by atomic mass is 9.62. The van der Waals surface area contributed by atoms with Crippen LogP contribution in [0.15, 0.2) is 60.7 Å². The quantitative estimate of drug-likeness (QED) is 0.346. The van der Waals surface area contributed by atoms with E-state index in [0.717, 1.165) is 29.5 Å². The van der Waals surface area contributed by atoms with Crippen molar-refractivity contribution in [2.24, 2.45) is 0 Å². The highest BCUT2D eigenvalue weighted by Crippen LogP contribution is 2.47. The molecule has 3 nitrogen and oxygen atoms in total. The minimum Gasteiger partial charge on any atom is -0.465 e. The van der Waals surface area contributed by atoms with Crippen molar-refractivity contribution in [2.45, 2.75) is 71.0 Å². The molecule has 0 N–H and O–H groups in total. The van der Waals surface area contributed by atoms with Gasteiger partial charge in [-0.05, 0) is 76.6 Å². The summed E-state index contributed by atoms with van der Waals surface area (Å²) in [5.41, 5.74) is 7.02. The first-order valence-corrected chi connectivity index (χ1v) is 12.2. The second-order valence-corrected chi connectivity index (χ2v) is 10.9.